The van der Waals surface area contributed by atoms with Crippen LogP contribution in [0.5, 0.6) is 0 Å². The number of aliphatic carboxylic acids is 4. The van der Waals surface area contributed by atoms with Crippen molar-refractivity contribution in [3.8, 4) is 0 Å². The van der Waals surface area contributed by atoms with Gasteiger partial charge in [0.2, 0.25) is 0 Å². The fourth-order valence-electron chi connectivity index (χ4n) is 0.428. The van der Waals surface area contributed by atoms with Gasteiger partial charge in [-0.2, -0.15) is 0 Å². The molecule has 23 heavy (non-hydrogen) atoms. The van der Waals surface area contributed by atoms with Crippen molar-refractivity contribution in [2.45, 2.75) is 25.7 Å². The van der Waals surface area contributed by atoms with Gasteiger partial charge in [-0.05, 0) is 0 Å². The van der Waals surface area contributed by atoms with Crippen molar-refractivity contribution in [2.24, 2.45) is 0 Å². The summed E-state index contributed by atoms with van der Waals surface area (Å²) in [6.07, 6.45) is -1.19. The van der Waals surface area contributed by atoms with E-state index in [0.29, 0.717) is 0 Å². The molecule has 0 aromatic heterocycles. The number of carboxylic acids is 4. The third kappa shape index (κ3) is 85.6. The molecule has 10 N–H and O–H groups in total. The molecule has 0 aromatic carbocycles. The minimum absolute atomic E-state index is 0. The summed E-state index contributed by atoms with van der Waals surface area (Å²) >= 11 is 0. The Bertz CT molecular complexity index is 250. The molecule has 126 valence electrons. The topological polar surface area (TPSA) is 219 Å². The molecule has 0 bridgehead atoms. The fraction of sp³-hybridized carbons (Fsp3) is 0.400. The van der Waals surface area contributed by atoms with Crippen molar-refractivity contribution in [1.29, 1.82) is 0 Å². The molecule has 0 radical (unpaired) electrons. The van der Waals surface area contributed by atoms with E-state index in [2.05, 4.69) is 13.2 Å². The van der Waals surface area contributed by atoms with Gasteiger partial charge in [-0.25, -0.2) is 0 Å². The summed E-state index contributed by atoms with van der Waals surface area (Å²) in [6.45, 7) is 6.00. The van der Waals surface area contributed by atoms with Gasteiger partial charge in [0.05, 0.1) is 25.7 Å². The molecule has 0 atom stereocenters. The molecule has 0 aliphatic rings. The second kappa shape index (κ2) is 38.2. The van der Waals surface area contributed by atoms with Crippen molar-refractivity contribution in [3.63, 3.8) is 0 Å². The third-order valence-corrected chi connectivity index (χ3v) is 1.11. The summed E-state index contributed by atoms with van der Waals surface area (Å²) in [4.78, 5) is 38.6. The first-order valence-corrected chi connectivity index (χ1v) is 4.63. The molecular formula is C10H25N2Na3O8. The maximum absolute atomic E-state index is 9.64. The molecule has 0 spiro atoms. The van der Waals surface area contributed by atoms with Crippen molar-refractivity contribution in [2.75, 3.05) is 0 Å². The van der Waals surface area contributed by atoms with Gasteiger partial charge in [0.15, 0.2) is 0 Å². The zero-order valence-electron chi connectivity index (χ0n) is 11.1. The van der Waals surface area contributed by atoms with Gasteiger partial charge in [-0.3, -0.25) is 19.2 Å². The zero-order valence-corrected chi connectivity index (χ0v) is 11.1. The molecule has 0 fully saturated rings. The normalized spacial score (nSPS) is 6.09. The molecule has 0 saturated carbocycles. The summed E-state index contributed by atoms with van der Waals surface area (Å²) in [5.41, 5.74) is 0. The number of carboxylic acid groups (broad SMARTS) is 4. The Hall–Kier alpha value is 0.540. The van der Waals surface area contributed by atoms with E-state index in [9.17, 15) is 19.2 Å². The first-order chi connectivity index (χ1) is 8.25. The van der Waals surface area contributed by atoms with Crippen LogP contribution in [-0.2, 0) is 19.2 Å². The van der Waals surface area contributed by atoms with Crippen LogP contribution in [-0.4, -0.2) is 133 Å². The van der Waals surface area contributed by atoms with Crippen molar-refractivity contribution in [3.05, 3.63) is 13.2 Å². The van der Waals surface area contributed by atoms with E-state index in [4.69, 9.17) is 20.4 Å². The Balaban J connectivity index is -0.0000000245. The number of hydrogen-bond acceptors (Lipinski definition) is 6. The van der Waals surface area contributed by atoms with Crippen LogP contribution < -0.4 is 12.3 Å². The second-order valence-electron chi connectivity index (χ2n) is 2.57. The van der Waals surface area contributed by atoms with Crippen LogP contribution in [0.4, 0.5) is 0 Å². The fourth-order valence-corrected chi connectivity index (χ4v) is 0.428. The van der Waals surface area contributed by atoms with Crippen LogP contribution >= 0.6 is 0 Å². The first-order valence-electron chi connectivity index (χ1n) is 4.63. The maximum atomic E-state index is 9.64. The van der Waals surface area contributed by atoms with E-state index in [-0.39, 0.29) is 127 Å². The second-order valence-corrected chi connectivity index (χ2v) is 2.57. The molecule has 0 rings (SSSR count). The molecular weight excluding hydrogens is 345 g/mol. The Morgan fingerprint density at radius 1 is 0.522 bits per heavy atom. The van der Waals surface area contributed by atoms with Crippen LogP contribution in [0.1, 0.15) is 25.7 Å². The predicted octanol–water partition coefficient (Wildman–Crippen LogP) is -0.948. The van der Waals surface area contributed by atoms with Gasteiger partial charge < -0.3 is 32.7 Å². The quantitative estimate of drug-likeness (QED) is 0.248. The predicted molar refractivity (Wildman–Crippen MR) is 91.8 cm³/mol. The summed E-state index contributed by atoms with van der Waals surface area (Å²) in [5, 5.41) is 31.6. The van der Waals surface area contributed by atoms with E-state index >= 15 is 0 Å². The third-order valence-electron chi connectivity index (χ3n) is 1.11. The molecule has 0 amide bonds. The Labute approximate surface area is 201 Å². The van der Waals surface area contributed by atoms with Gasteiger partial charge in [-0.15, -0.1) is 13.2 Å². The van der Waals surface area contributed by atoms with Gasteiger partial charge in [0.25, 0.3) is 0 Å². The molecule has 0 unspecified atom stereocenters. The van der Waals surface area contributed by atoms with Gasteiger partial charge in [0, 0.05) is 0 Å². The minimum atomic E-state index is -1.08. The first kappa shape index (κ1) is 49.5. The van der Waals surface area contributed by atoms with Crippen LogP contribution in [0.25, 0.3) is 0 Å². The van der Waals surface area contributed by atoms with Crippen molar-refractivity contribution in [1.82, 2.24) is 12.3 Å². The summed E-state index contributed by atoms with van der Waals surface area (Å²) in [6, 6.07) is 0. The van der Waals surface area contributed by atoms with E-state index in [1.165, 1.54) is 0 Å². The van der Waals surface area contributed by atoms with E-state index in [0.717, 1.165) is 0 Å². The summed E-state index contributed by atoms with van der Waals surface area (Å²) in [5.74, 6) is -4.31. The molecule has 0 aliphatic heterocycles. The van der Waals surface area contributed by atoms with E-state index in [1.807, 2.05) is 0 Å². The molecule has 0 aromatic rings. The van der Waals surface area contributed by atoms with Crippen LogP contribution in [0.15, 0.2) is 13.2 Å². The molecule has 10 nitrogen and oxygen atoms in total. The Kier molecular flexibility index (Phi) is 82.3. The van der Waals surface area contributed by atoms with E-state index in [1.54, 1.807) is 0 Å². The average molecular weight is 370 g/mol. The van der Waals surface area contributed by atoms with Crippen LogP contribution in [0.3, 0.4) is 0 Å². The van der Waals surface area contributed by atoms with Crippen molar-refractivity contribution < 1.29 is 39.6 Å². The van der Waals surface area contributed by atoms with Gasteiger partial charge >= 0.3 is 113 Å². The van der Waals surface area contributed by atoms with Crippen molar-refractivity contribution >= 4 is 113 Å². The molecule has 0 heterocycles. The number of hydrogen-bond donors (Lipinski definition) is 6. The van der Waals surface area contributed by atoms with Crippen LogP contribution in [0.2, 0.25) is 0 Å². The SMILES string of the molecule is C=C.N.N.O=C(O)CCC(=O)O.O=C(O)CCC(=O)O.[NaH].[NaH].[NaH]. The van der Waals surface area contributed by atoms with Crippen LogP contribution in [0, 0.1) is 0 Å². The Morgan fingerprint density at radius 2 is 0.609 bits per heavy atom. The van der Waals surface area contributed by atoms with Gasteiger partial charge in [-0.1, -0.05) is 0 Å². The average Bonchev–Trinajstić information content (AvgIpc) is 2.27. The summed E-state index contributed by atoms with van der Waals surface area (Å²) < 4.78 is 0. The summed E-state index contributed by atoms with van der Waals surface area (Å²) in [7, 11) is 0. The van der Waals surface area contributed by atoms with E-state index < -0.39 is 23.9 Å². The molecule has 0 aliphatic carbocycles. The molecule has 0 saturated heterocycles. The number of carbonyl (C=O) groups is 4. The zero-order chi connectivity index (χ0) is 15.1. The Morgan fingerprint density at radius 3 is 0.652 bits per heavy atom. The molecule has 13 heteroatoms. The van der Waals surface area contributed by atoms with Gasteiger partial charge in [0.1, 0.15) is 0 Å². The number of rotatable bonds is 6. The monoisotopic (exact) mass is 370 g/mol. The standard InChI is InChI=1S/2C4H6O4.C2H4.2H3N.3Na.3H/c2*5-3(6)1-2-4(7)8;1-2;;;;;;;;/h2*1-2H2,(H,5,6)(H,7,8);1-2H2;2*1H3;;;;;;.